The first-order chi connectivity index (χ1) is 37.2. The molecule has 0 aliphatic heterocycles. The van der Waals surface area contributed by atoms with Gasteiger partial charge in [0.05, 0.1) is 45.4 Å². The Bertz CT molecular complexity index is 3600. The molecule has 0 amide bonds. The largest absolute Gasteiger partial charge is 0.505 e. The van der Waals surface area contributed by atoms with Gasteiger partial charge in [0, 0.05) is 88.5 Å². The summed E-state index contributed by atoms with van der Waals surface area (Å²) in [5, 5.41) is 21.7. The van der Waals surface area contributed by atoms with Gasteiger partial charge in [0.1, 0.15) is 23.9 Å². The number of carbonyl (C=O) groups is 5. The minimum absolute atomic E-state index is 0.0108. The number of carbonyl (C=O) groups excluding carboxylic acids is 4. The fourth-order valence-corrected chi connectivity index (χ4v) is 8.67. The van der Waals surface area contributed by atoms with E-state index < -0.39 is 33.6 Å². The summed E-state index contributed by atoms with van der Waals surface area (Å²) >= 11 is 5.40. The standard InChI is InChI=1S/C30H31N3O5.C27H31NO5.C5H5ClN2/c1-29(2,3)27(35)24-21(17-30(4,5)28(36)37)25(26(34)19-10-7-6-8-11-19)33-15-12-20(16-22(24)33)38-18-23-31-13-9-14-32-23;1-7-33-25(32)27(5,6)16-19-21(24(31)26(2,3)4)20-15-18(29)13-14-28(20)22(19)23(30)17-11-9-8-10-12-17;6-4-5-7-2-1-3-8-5/h6-16H,17-18H2,1-5H3,(H,36,37);8-15,30H,7,16H2,1-6H3;1-3H,4H2. The van der Waals surface area contributed by atoms with Gasteiger partial charge in [-0.15, -0.1) is 11.6 Å². The number of ketones is 3. The van der Waals surface area contributed by atoms with Crippen LogP contribution in [0.15, 0.2) is 139 Å². The minimum Gasteiger partial charge on any atom is -0.505 e. The Morgan fingerprint density at radius 3 is 1.59 bits per heavy atom. The zero-order valence-corrected chi connectivity index (χ0v) is 47.2. The molecule has 0 saturated carbocycles. The SMILES string of the molecule is CC(C)(C)C(=O)c1c(CC(C)(C)C(=O)O)c(C(=O)c2ccccc2)n2ccc(OCc3ncccn3)cc12.CCOC(=O)C(C)(C)Cc1c(C(=O)C(C)(C)C)c2cc(=O)ccn2c1=C(O)c1ccccc1.ClCc1ncccn1. The number of Topliss-reactive ketones (excluding diaryl/α,β-unsaturated/α-hetero) is 2. The van der Waals surface area contributed by atoms with Gasteiger partial charge >= 0.3 is 11.9 Å². The van der Waals surface area contributed by atoms with Crippen molar-refractivity contribution in [3.05, 3.63) is 201 Å². The van der Waals surface area contributed by atoms with Crippen molar-refractivity contribution in [3.63, 3.8) is 0 Å². The number of ether oxygens (including phenoxy) is 2. The number of halogens is 1. The maximum atomic E-state index is 13.9. The lowest BCUT2D eigenvalue weighted by atomic mass is 9.79. The Balaban J connectivity index is 0.000000225. The van der Waals surface area contributed by atoms with E-state index in [9.17, 15) is 39.0 Å². The Hall–Kier alpha value is -8.37. The number of carboxylic acid groups (broad SMARTS) is 1. The fourth-order valence-electron chi connectivity index (χ4n) is 8.54. The third-order valence-electron chi connectivity index (χ3n) is 12.7. The lowest BCUT2D eigenvalue weighted by Crippen LogP contribution is -2.33. The van der Waals surface area contributed by atoms with Crippen molar-refractivity contribution in [2.75, 3.05) is 6.61 Å². The van der Waals surface area contributed by atoms with Crippen LogP contribution < -0.4 is 15.5 Å². The van der Waals surface area contributed by atoms with Gasteiger partial charge in [-0.1, -0.05) is 102 Å². The third kappa shape index (κ3) is 14.2. The summed E-state index contributed by atoms with van der Waals surface area (Å²) in [6, 6.07) is 27.4. The van der Waals surface area contributed by atoms with Crippen LogP contribution in [0.1, 0.15) is 141 Å². The minimum atomic E-state index is -1.23. The summed E-state index contributed by atoms with van der Waals surface area (Å²) in [7, 11) is 0. The van der Waals surface area contributed by atoms with E-state index in [1.165, 1.54) is 12.1 Å². The fraction of sp³-hybridized carbons (Fsp3) is 0.323. The topological polar surface area (TPSA) is 222 Å². The van der Waals surface area contributed by atoms with Crippen LogP contribution in [0, 0.1) is 21.7 Å². The Morgan fingerprint density at radius 1 is 0.595 bits per heavy atom. The second kappa shape index (κ2) is 25.0. The molecule has 0 aliphatic carbocycles. The van der Waals surface area contributed by atoms with E-state index in [0.717, 1.165) is 0 Å². The van der Waals surface area contributed by atoms with E-state index in [1.807, 2.05) is 12.1 Å². The van der Waals surface area contributed by atoms with E-state index in [4.69, 9.17) is 21.1 Å². The van der Waals surface area contributed by atoms with Crippen molar-refractivity contribution >= 4 is 57.7 Å². The summed E-state index contributed by atoms with van der Waals surface area (Å²) in [6.45, 7) is 19.6. The van der Waals surface area contributed by atoms with Gasteiger partial charge in [-0.05, 0) is 76.8 Å². The number of rotatable bonds is 16. The van der Waals surface area contributed by atoms with Crippen molar-refractivity contribution in [2.24, 2.45) is 21.7 Å². The van der Waals surface area contributed by atoms with Crippen molar-refractivity contribution in [1.29, 1.82) is 0 Å². The molecule has 412 valence electrons. The first kappa shape index (κ1) is 59.9. The second-order valence-electron chi connectivity index (χ2n) is 22.1. The molecule has 0 bridgehead atoms. The maximum Gasteiger partial charge on any atom is 0.311 e. The highest BCUT2D eigenvalue weighted by Crippen LogP contribution is 2.38. The molecular formula is C62H67ClN6O10. The van der Waals surface area contributed by atoms with Crippen LogP contribution >= 0.6 is 11.6 Å². The number of carboxylic acids is 1. The summed E-state index contributed by atoms with van der Waals surface area (Å²) in [4.78, 5) is 94.6. The molecule has 8 aromatic rings. The van der Waals surface area contributed by atoms with Crippen molar-refractivity contribution in [2.45, 2.75) is 101 Å². The predicted molar refractivity (Wildman–Crippen MR) is 303 cm³/mol. The van der Waals surface area contributed by atoms with Gasteiger partial charge in [-0.3, -0.25) is 28.8 Å². The van der Waals surface area contributed by atoms with Crippen LogP contribution in [0.3, 0.4) is 0 Å². The molecule has 0 unspecified atom stereocenters. The summed E-state index contributed by atoms with van der Waals surface area (Å²) in [5.41, 5.74) is -0.220. The van der Waals surface area contributed by atoms with Crippen molar-refractivity contribution < 1.29 is 43.7 Å². The Morgan fingerprint density at radius 2 is 1.09 bits per heavy atom. The van der Waals surface area contributed by atoms with Crippen LogP contribution in [-0.4, -0.2) is 74.8 Å². The number of aliphatic hydroxyl groups is 1. The number of hydrogen-bond donors (Lipinski definition) is 2. The number of alkyl halides is 1. The van der Waals surface area contributed by atoms with E-state index in [0.29, 0.717) is 73.0 Å². The van der Waals surface area contributed by atoms with Crippen molar-refractivity contribution in [3.8, 4) is 5.75 Å². The zero-order valence-electron chi connectivity index (χ0n) is 46.5. The molecule has 2 aromatic carbocycles. The molecule has 79 heavy (non-hydrogen) atoms. The number of benzene rings is 2. The summed E-state index contributed by atoms with van der Waals surface area (Å²) < 4.78 is 14.5. The van der Waals surface area contributed by atoms with Crippen LogP contribution in [0.2, 0.25) is 0 Å². The van der Waals surface area contributed by atoms with Gasteiger partial charge in [0.15, 0.2) is 22.8 Å². The molecule has 0 atom stereocenters. The van der Waals surface area contributed by atoms with Gasteiger partial charge in [-0.2, -0.15) is 0 Å². The smallest absolute Gasteiger partial charge is 0.311 e. The average Bonchev–Trinajstić information content (AvgIpc) is 4.16. The van der Waals surface area contributed by atoms with Gasteiger partial charge in [-0.25, -0.2) is 19.9 Å². The molecule has 6 heterocycles. The second-order valence-corrected chi connectivity index (χ2v) is 22.4. The predicted octanol–water partition coefficient (Wildman–Crippen LogP) is 10.7. The van der Waals surface area contributed by atoms with E-state index >= 15 is 0 Å². The van der Waals surface area contributed by atoms with E-state index in [-0.39, 0.29) is 60.3 Å². The number of esters is 1. The molecule has 0 fully saturated rings. The number of fused-ring (bicyclic) bond motifs is 2. The number of aromatic nitrogens is 6. The maximum absolute atomic E-state index is 13.9. The molecule has 0 saturated heterocycles. The molecule has 0 spiro atoms. The number of pyridine rings is 2. The zero-order chi connectivity index (χ0) is 58.0. The average molecular weight is 1090 g/mol. The molecule has 17 heteroatoms. The third-order valence-corrected chi connectivity index (χ3v) is 13.0. The number of aliphatic hydroxyl groups excluding tert-OH is 1. The van der Waals surface area contributed by atoms with Crippen LogP contribution in [0.5, 0.6) is 5.75 Å². The number of nitrogens with zero attached hydrogens (tertiary/aromatic N) is 6. The Labute approximate surface area is 464 Å². The molecule has 0 radical (unpaired) electrons. The monoisotopic (exact) mass is 1090 g/mol. The van der Waals surface area contributed by atoms with Crippen LogP contribution in [0.25, 0.3) is 16.8 Å². The molecular weight excluding hydrogens is 1020 g/mol. The van der Waals surface area contributed by atoms with Gasteiger partial charge in [0.2, 0.25) is 5.78 Å². The Kier molecular flexibility index (Phi) is 18.9. The van der Waals surface area contributed by atoms with E-state index in [2.05, 4.69) is 19.9 Å². The van der Waals surface area contributed by atoms with Gasteiger partial charge in [0.25, 0.3) is 0 Å². The summed E-state index contributed by atoms with van der Waals surface area (Å²) in [6.07, 6.45) is 9.97. The highest BCUT2D eigenvalue weighted by molar-refractivity contribution is 6.17. The van der Waals surface area contributed by atoms with Crippen molar-refractivity contribution in [1.82, 2.24) is 28.7 Å². The molecule has 6 aromatic heterocycles. The highest BCUT2D eigenvalue weighted by atomic mass is 35.5. The lowest BCUT2D eigenvalue weighted by Gasteiger charge is -2.24. The van der Waals surface area contributed by atoms with E-state index in [1.54, 1.807) is 195 Å². The van der Waals surface area contributed by atoms with Crippen LogP contribution in [0.4, 0.5) is 0 Å². The molecule has 16 nitrogen and oxygen atoms in total. The quantitative estimate of drug-likeness (QED) is 0.0522. The molecule has 8 rings (SSSR count). The molecule has 2 N–H and O–H groups in total. The normalized spacial score (nSPS) is 12.2. The molecule has 0 aliphatic rings. The number of hydrogen-bond acceptors (Lipinski definition) is 13. The van der Waals surface area contributed by atoms with Crippen LogP contribution in [-0.2, 0) is 39.7 Å². The first-order valence-corrected chi connectivity index (χ1v) is 26.2. The van der Waals surface area contributed by atoms with Gasteiger partial charge < -0.3 is 28.5 Å². The summed E-state index contributed by atoms with van der Waals surface area (Å²) in [5.74, 6) is -0.0889. The number of aliphatic carboxylic acids is 1. The highest BCUT2D eigenvalue weighted by Gasteiger charge is 2.39. The first-order valence-electron chi connectivity index (χ1n) is 25.6. The lowest BCUT2D eigenvalue weighted by molar-refractivity contribution is -0.153.